The van der Waals surface area contributed by atoms with Gasteiger partial charge in [0, 0.05) is 20.2 Å². The zero-order chi connectivity index (χ0) is 14.6. The average molecular weight is 275 g/mol. The molecule has 0 heterocycles. The first-order valence-electron chi connectivity index (χ1n) is 7.80. The molecule has 0 aliphatic heterocycles. The van der Waals surface area contributed by atoms with Crippen LogP contribution in [0.25, 0.3) is 0 Å². The maximum atomic E-state index is 5.12. The highest BCUT2D eigenvalue weighted by Crippen LogP contribution is 2.47. The Hall–Kier alpha value is -0.860. The van der Waals surface area contributed by atoms with Gasteiger partial charge in [-0.15, -0.1) is 0 Å². The normalized spacial score (nSPS) is 18.0. The lowest BCUT2D eigenvalue weighted by Crippen LogP contribution is -2.37. The molecule has 0 radical (unpaired) electrons. The van der Waals surface area contributed by atoms with Crippen LogP contribution in [0.2, 0.25) is 0 Å². The number of hydrogen-bond donors (Lipinski definition) is 1. The second-order valence-electron chi connectivity index (χ2n) is 6.77. The standard InChI is InChI=1S/C18H29NO/c1-14-9-15(2)11-16(10-14)12-18(3,17-5-6-17)13-19-7-8-20-4/h9-11,17,19H,5-8,12-13H2,1-4H3. The summed E-state index contributed by atoms with van der Waals surface area (Å²) in [6.07, 6.45) is 3.97. The molecule has 0 bridgehead atoms. The van der Waals surface area contributed by atoms with Crippen molar-refractivity contribution < 1.29 is 4.74 Å². The molecule has 2 rings (SSSR count). The summed E-state index contributed by atoms with van der Waals surface area (Å²) in [5.74, 6) is 0.887. The number of rotatable bonds is 8. The predicted octanol–water partition coefficient (Wildman–Crippen LogP) is 3.50. The number of aryl methyl sites for hydroxylation is 2. The predicted molar refractivity (Wildman–Crippen MR) is 85.2 cm³/mol. The lowest BCUT2D eigenvalue weighted by atomic mass is 9.78. The zero-order valence-corrected chi connectivity index (χ0v) is 13.5. The molecule has 1 N–H and O–H groups in total. The van der Waals surface area contributed by atoms with E-state index in [2.05, 4.69) is 44.3 Å². The molecule has 1 aromatic carbocycles. The third-order valence-electron chi connectivity index (χ3n) is 4.46. The first-order valence-corrected chi connectivity index (χ1v) is 7.80. The van der Waals surface area contributed by atoms with E-state index in [0.717, 1.165) is 25.6 Å². The Kier molecular flexibility index (Phi) is 5.22. The van der Waals surface area contributed by atoms with E-state index in [1.807, 2.05) is 0 Å². The van der Waals surface area contributed by atoms with Crippen molar-refractivity contribution in [3.05, 3.63) is 34.9 Å². The van der Waals surface area contributed by atoms with Gasteiger partial charge in [0.25, 0.3) is 0 Å². The first kappa shape index (κ1) is 15.5. The summed E-state index contributed by atoms with van der Waals surface area (Å²) in [7, 11) is 1.76. The number of benzene rings is 1. The third-order valence-corrected chi connectivity index (χ3v) is 4.46. The highest BCUT2D eigenvalue weighted by Gasteiger charge is 2.40. The summed E-state index contributed by atoms with van der Waals surface area (Å²) in [6, 6.07) is 6.96. The summed E-state index contributed by atoms with van der Waals surface area (Å²) in [4.78, 5) is 0. The van der Waals surface area contributed by atoms with Crippen LogP contribution in [0, 0.1) is 25.2 Å². The van der Waals surface area contributed by atoms with Gasteiger partial charge in [-0.2, -0.15) is 0 Å². The minimum Gasteiger partial charge on any atom is -0.383 e. The van der Waals surface area contributed by atoms with Gasteiger partial charge in [0.05, 0.1) is 6.61 Å². The molecule has 0 aromatic heterocycles. The van der Waals surface area contributed by atoms with Crippen LogP contribution >= 0.6 is 0 Å². The molecule has 1 unspecified atom stereocenters. The smallest absolute Gasteiger partial charge is 0.0587 e. The highest BCUT2D eigenvalue weighted by molar-refractivity contribution is 5.29. The van der Waals surface area contributed by atoms with E-state index in [9.17, 15) is 0 Å². The van der Waals surface area contributed by atoms with E-state index in [4.69, 9.17) is 4.74 Å². The van der Waals surface area contributed by atoms with Crippen molar-refractivity contribution in [3.8, 4) is 0 Å². The number of nitrogens with one attached hydrogen (secondary N) is 1. The van der Waals surface area contributed by atoms with Crippen molar-refractivity contribution in [2.24, 2.45) is 11.3 Å². The molecule has 0 saturated heterocycles. The highest BCUT2D eigenvalue weighted by atomic mass is 16.5. The summed E-state index contributed by atoms with van der Waals surface area (Å²) in [5.41, 5.74) is 4.63. The quantitative estimate of drug-likeness (QED) is 0.733. The van der Waals surface area contributed by atoms with Crippen molar-refractivity contribution in [1.29, 1.82) is 0 Å². The fraction of sp³-hybridized carbons (Fsp3) is 0.667. The second-order valence-corrected chi connectivity index (χ2v) is 6.77. The fourth-order valence-electron chi connectivity index (χ4n) is 3.32. The van der Waals surface area contributed by atoms with Gasteiger partial charge in [0.15, 0.2) is 0 Å². The molecule has 1 aliphatic rings. The Balaban J connectivity index is 2.00. The number of methoxy groups -OCH3 is 1. The van der Waals surface area contributed by atoms with Crippen LogP contribution in [-0.2, 0) is 11.2 Å². The van der Waals surface area contributed by atoms with Gasteiger partial charge < -0.3 is 10.1 Å². The van der Waals surface area contributed by atoms with Crippen LogP contribution < -0.4 is 5.32 Å². The Morgan fingerprint density at radius 1 is 1.20 bits per heavy atom. The molecule has 2 nitrogen and oxygen atoms in total. The Labute approximate surface area is 123 Å². The Morgan fingerprint density at radius 3 is 2.40 bits per heavy atom. The van der Waals surface area contributed by atoms with Crippen molar-refractivity contribution in [1.82, 2.24) is 5.32 Å². The zero-order valence-electron chi connectivity index (χ0n) is 13.5. The molecule has 0 amide bonds. The SMILES string of the molecule is COCCNCC(C)(Cc1cc(C)cc(C)c1)C1CC1. The molecule has 1 fully saturated rings. The van der Waals surface area contributed by atoms with Crippen LogP contribution in [0.4, 0.5) is 0 Å². The van der Waals surface area contributed by atoms with Gasteiger partial charge in [-0.3, -0.25) is 0 Å². The summed E-state index contributed by atoms with van der Waals surface area (Å²) in [5, 5.41) is 3.57. The molecule has 1 saturated carbocycles. The monoisotopic (exact) mass is 275 g/mol. The Morgan fingerprint density at radius 2 is 1.85 bits per heavy atom. The molecule has 1 atom stereocenters. The van der Waals surface area contributed by atoms with E-state index in [0.29, 0.717) is 5.41 Å². The molecule has 1 aromatic rings. The van der Waals surface area contributed by atoms with E-state index < -0.39 is 0 Å². The first-order chi connectivity index (χ1) is 9.53. The lowest BCUT2D eigenvalue weighted by molar-refractivity contribution is 0.187. The minimum absolute atomic E-state index is 0.383. The molecule has 1 aliphatic carbocycles. The van der Waals surface area contributed by atoms with E-state index >= 15 is 0 Å². The summed E-state index contributed by atoms with van der Waals surface area (Å²) in [6.45, 7) is 9.68. The van der Waals surface area contributed by atoms with Gasteiger partial charge in [-0.05, 0) is 50.0 Å². The van der Waals surface area contributed by atoms with Gasteiger partial charge in [-0.25, -0.2) is 0 Å². The average Bonchev–Trinajstić information content (AvgIpc) is 3.18. The van der Waals surface area contributed by atoms with Gasteiger partial charge in [0.1, 0.15) is 0 Å². The topological polar surface area (TPSA) is 21.3 Å². The molecule has 0 spiro atoms. The molecular formula is C18H29NO. The third kappa shape index (κ3) is 4.32. The van der Waals surface area contributed by atoms with Crippen molar-refractivity contribution in [2.45, 2.75) is 40.0 Å². The minimum atomic E-state index is 0.383. The summed E-state index contributed by atoms with van der Waals surface area (Å²) >= 11 is 0. The van der Waals surface area contributed by atoms with Crippen LogP contribution in [0.1, 0.15) is 36.5 Å². The van der Waals surface area contributed by atoms with Crippen molar-refractivity contribution >= 4 is 0 Å². The van der Waals surface area contributed by atoms with Crippen molar-refractivity contribution in [2.75, 3.05) is 26.8 Å². The summed E-state index contributed by atoms with van der Waals surface area (Å²) < 4.78 is 5.12. The maximum Gasteiger partial charge on any atom is 0.0587 e. The fourth-order valence-corrected chi connectivity index (χ4v) is 3.32. The van der Waals surface area contributed by atoms with Gasteiger partial charge in [-0.1, -0.05) is 36.2 Å². The molecular weight excluding hydrogens is 246 g/mol. The van der Waals surface area contributed by atoms with Crippen LogP contribution in [0.5, 0.6) is 0 Å². The maximum absolute atomic E-state index is 5.12. The number of ether oxygens (including phenoxy) is 1. The number of hydrogen-bond acceptors (Lipinski definition) is 2. The van der Waals surface area contributed by atoms with Crippen molar-refractivity contribution in [3.63, 3.8) is 0 Å². The van der Waals surface area contributed by atoms with Crippen LogP contribution in [0.3, 0.4) is 0 Å². The van der Waals surface area contributed by atoms with Gasteiger partial charge in [0.2, 0.25) is 0 Å². The molecule has 112 valence electrons. The largest absolute Gasteiger partial charge is 0.383 e. The van der Waals surface area contributed by atoms with E-state index in [1.165, 1.54) is 36.0 Å². The van der Waals surface area contributed by atoms with E-state index in [-0.39, 0.29) is 0 Å². The molecule has 20 heavy (non-hydrogen) atoms. The van der Waals surface area contributed by atoms with Crippen LogP contribution in [0.15, 0.2) is 18.2 Å². The second kappa shape index (κ2) is 6.73. The lowest BCUT2D eigenvalue weighted by Gasteiger charge is -2.31. The molecule has 2 heteroatoms. The Bertz CT molecular complexity index is 419. The van der Waals surface area contributed by atoms with E-state index in [1.54, 1.807) is 7.11 Å². The van der Waals surface area contributed by atoms with Crippen LogP contribution in [-0.4, -0.2) is 26.8 Å². The van der Waals surface area contributed by atoms with Gasteiger partial charge >= 0.3 is 0 Å².